The molecule has 1 aliphatic heterocycles. The highest BCUT2D eigenvalue weighted by atomic mass is 16.6. The SMILES string of the molecule is CC(C)Oc1ccc(C(O)COC2COC2)cc1. The van der Waals surface area contributed by atoms with Crippen LogP contribution < -0.4 is 4.74 Å². The van der Waals surface area contributed by atoms with Crippen molar-refractivity contribution in [3.63, 3.8) is 0 Å². The first-order chi connectivity index (χ1) is 8.65. The van der Waals surface area contributed by atoms with E-state index in [2.05, 4.69) is 0 Å². The third-order valence-electron chi connectivity index (χ3n) is 2.73. The Hall–Kier alpha value is -1.10. The molecule has 0 saturated carbocycles. The third kappa shape index (κ3) is 3.70. The zero-order valence-corrected chi connectivity index (χ0v) is 10.8. The van der Waals surface area contributed by atoms with Crippen LogP contribution in [0.1, 0.15) is 25.5 Å². The minimum absolute atomic E-state index is 0.142. The van der Waals surface area contributed by atoms with Gasteiger partial charge in [0.25, 0.3) is 0 Å². The van der Waals surface area contributed by atoms with Crippen molar-refractivity contribution in [2.75, 3.05) is 19.8 Å². The number of hydrogen-bond acceptors (Lipinski definition) is 4. The molecule has 1 fully saturated rings. The summed E-state index contributed by atoms with van der Waals surface area (Å²) in [5.74, 6) is 0.814. The van der Waals surface area contributed by atoms with Gasteiger partial charge in [0.15, 0.2) is 0 Å². The normalized spacial score (nSPS) is 17.6. The van der Waals surface area contributed by atoms with Crippen LogP contribution in [0, 0.1) is 0 Å². The lowest BCUT2D eigenvalue weighted by molar-refractivity contribution is -0.143. The Balaban J connectivity index is 1.83. The average Bonchev–Trinajstić information content (AvgIpc) is 2.27. The molecule has 1 N–H and O–H groups in total. The Labute approximate surface area is 107 Å². The summed E-state index contributed by atoms with van der Waals surface area (Å²) in [5, 5.41) is 9.96. The first-order valence-corrected chi connectivity index (χ1v) is 6.29. The second-order valence-corrected chi connectivity index (χ2v) is 4.74. The van der Waals surface area contributed by atoms with E-state index in [9.17, 15) is 5.11 Å². The molecule has 0 aromatic heterocycles. The quantitative estimate of drug-likeness (QED) is 0.840. The van der Waals surface area contributed by atoms with Gasteiger partial charge in [-0.25, -0.2) is 0 Å². The third-order valence-corrected chi connectivity index (χ3v) is 2.73. The van der Waals surface area contributed by atoms with Crippen LogP contribution in [0.15, 0.2) is 24.3 Å². The number of ether oxygens (including phenoxy) is 3. The van der Waals surface area contributed by atoms with Crippen LogP contribution in [0.4, 0.5) is 0 Å². The van der Waals surface area contributed by atoms with Gasteiger partial charge in [-0.2, -0.15) is 0 Å². The number of hydrogen-bond donors (Lipinski definition) is 1. The fraction of sp³-hybridized carbons (Fsp3) is 0.571. The largest absolute Gasteiger partial charge is 0.491 e. The number of aliphatic hydroxyl groups excluding tert-OH is 1. The first kappa shape index (κ1) is 13.3. The van der Waals surface area contributed by atoms with Crippen molar-refractivity contribution < 1.29 is 19.3 Å². The lowest BCUT2D eigenvalue weighted by atomic mass is 10.1. The summed E-state index contributed by atoms with van der Waals surface area (Å²) < 4.78 is 16.0. The summed E-state index contributed by atoms with van der Waals surface area (Å²) in [7, 11) is 0. The molecule has 0 aliphatic carbocycles. The van der Waals surface area contributed by atoms with Crippen LogP contribution in [0.2, 0.25) is 0 Å². The van der Waals surface area contributed by atoms with E-state index in [0.717, 1.165) is 11.3 Å². The second kappa shape index (κ2) is 6.18. The summed E-state index contributed by atoms with van der Waals surface area (Å²) in [6.07, 6.45) is -0.301. The predicted octanol–water partition coefficient (Wildman–Crippen LogP) is 1.92. The molecule has 1 saturated heterocycles. The van der Waals surface area contributed by atoms with Gasteiger partial charge in [0.05, 0.1) is 25.9 Å². The molecule has 2 rings (SSSR count). The Morgan fingerprint density at radius 2 is 1.94 bits per heavy atom. The highest BCUT2D eigenvalue weighted by Crippen LogP contribution is 2.20. The van der Waals surface area contributed by atoms with Gasteiger partial charge in [0.2, 0.25) is 0 Å². The lowest BCUT2D eigenvalue weighted by Gasteiger charge is -2.27. The maximum absolute atomic E-state index is 9.96. The zero-order valence-electron chi connectivity index (χ0n) is 10.8. The Bertz CT molecular complexity index is 357. The summed E-state index contributed by atoms with van der Waals surface area (Å²) in [6, 6.07) is 7.46. The molecule has 18 heavy (non-hydrogen) atoms. The van der Waals surface area contributed by atoms with E-state index in [1.165, 1.54) is 0 Å². The van der Waals surface area contributed by atoms with E-state index < -0.39 is 6.10 Å². The highest BCUT2D eigenvalue weighted by molar-refractivity contribution is 5.28. The van der Waals surface area contributed by atoms with Crippen molar-refractivity contribution in [1.29, 1.82) is 0 Å². The van der Waals surface area contributed by atoms with Crippen LogP contribution in [-0.2, 0) is 9.47 Å². The zero-order chi connectivity index (χ0) is 13.0. The van der Waals surface area contributed by atoms with Gasteiger partial charge in [-0.05, 0) is 31.5 Å². The molecule has 1 unspecified atom stereocenters. The van der Waals surface area contributed by atoms with Gasteiger partial charge in [-0.15, -0.1) is 0 Å². The molecule has 0 radical (unpaired) electrons. The van der Waals surface area contributed by atoms with Gasteiger partial charge >= 0.3 is 0 Å². The highest BCUT2D eigenvalue weighted by Gasteiger charge is 2.20. The van der Waals surface area contributed by atoms with Gasteiger partial charge in [0.1, 0.15) is 18.0 Å². The molecule has 0 amide bonds. The summed E-state index contributed by atoms with van der Waals surface area (Å²) >= 11 is 0. The van der Waals surface area contributed by atoms with E-state index in [0.29, 0.717) is 19.8 Å². The Morgan fingerprint density at radius 1 is 1.28 bits per heavy atom. The fourth-order valence-electron chi connectivity index (χ4n) is 1.67. The topological polar surface area (TPSA) is 47.9 Å². The molecular weight excluding hydrogens is 232 g/mol. The molecule has 1 aromatic rings. The van der Waals surface area contributed by atoms with Crippen molar-refractivity contribution >= 4 is 0 Å². The average molecular weight is 252 g/mol. The number of aliphatic hydroxyl groups is 1. The van der Waals surface area contributed by atoms with Crippen LogP contribution >= 0.6 is 0 Å². The fourth-order valence-corrected chi connectivity index (χ4v) is 1.67. The van der Waals surface area contributed by atoms with Crippen molar-refractivity contribution in [2.45, 2.75) is 32.2 Å². The number of rotatable bonds is 6. The van der Waals surface area contributed by atoms with Crippen LogP contribution in [-0.4, -0.2) is 37.1 Å². The molecule has 4 nitrogen and oxygen atoms in total. The van der Waals surface area contributed by atoms with Gasteiger partial charge in [-0.1, -0.05) is 12.1 Å². The molecule has 1 aliphatic rings. The minimum atomic E-state index is -0.598. The Kier molecular flexibility index (Phi) is 4.58. The minimum Gasteiger partial charge on any atom is -0.491 e. The molecule has 0 spiro atoms. The van der Waals surface area contributed by atoms with Crippen LogP contribution in [0.25, 0.3) is 0 Å². The molecule has 4 heteroatoms. The molecule has 1 heterocycles. The van der Waals surface area contributed by atoms with E-state index >= 15 is 0 Å². The van der Waals surface area contributed by atoms with Crippen molar-refractivity contribution in [3.05, 3.63) is 29.8 Å². The van der Waals surface area contributed by atoms with Gasteiger partial charge in [0, 0.05) is 0 Å². The molecular formula is C14H20O4. The van der Waals surface area contributed by atoms with Crippen LogP contribution in [0.3, 0.4) is 0 Å². The van der Waals surface area contributed by atoms with Crippen molar-refractivity contribution in [3.8, 4) is 5.75 Å². The monoisotopic (exact) mass is 252 g/mol. The summed E-state index contributed by atoms with van der Waals surface area (Å²) in [5.41, 5.74) is 0.839. The summed E-state index contributed by atoms with van der Waals surface area (Å²) in [6.45, 7) is 5.54. The molecule has 1 atom stereocenters. The standard InChI is InChI=1S/C14H20O4/c1-10(2)18-12-5-3-11(4-6-12)14(15)9-17-13-7-16-8-13/h3-6,10,13-15H,7-9H2,1-2H3. The maximum atomic E-state index is 9.96. The molecule has 1 aromatic carbocycles. The predicted molar refractivity (Wildman–Crippen MR) is 67.7 cm³/mol. The van der Waals surface area contributed by atoms with Crippen molar-refractivity contribution in [1.82, 2.24) is 0 Å². The van der Waals surface area contributed by atoms with Gasteiger partial charge in [-0.3, -0.25) is 0 Å². The number of benzene rings is 1. The van der Waals surface area contributed by atoms with E-state index in [4.69, 9.17) is 14.2 Å². The smallest absolute Gasteiger partial charge is 0.119 e. The maximum Gasteiger partial charge on any atom is 0.119 e. The van der Waals surface area contributed by atoms with Crippen molar-refractivity contribution in [2.24, 2.45) is 0 Å². The van der Waals surface area contributed by atoms with E-state index in [1.54, 1.807) is 0 Å². The summed E-state index contributed by atoms with van der Waals surface area (Å²) in [4.78, 5) is 0. The van der Waals surface area contributed by atoms with E-state index in [-0.39, 0.29) is 12.2 Å². The van der Waals surface area contributed by atoms with Gasteiger partial charge < -0.3 is 19.3 Å². The Morgan fingerprint density at radius 3 is 2.44 bits per heavy atom. The van der Waals surface area contributed by atoms with E-state index in [1.807, 2.05) is 38.1 Å². The molecule has 100 valence electrons. The molecule has 0 bridgehead atoms. The first-order valence-electron chi connectivity index (χ1n) is 6.29. The second-order valence-electron chi connectivity index (χ2n) is 4.74. The lowest BCUT2D eigenvalue weighted by Crippen LogP contribution is -2.37. The van der Waals surface area contributed by atoms with Crippen LogP contribution in [0.5, 0.6) is 5.75 Å².